The molecule has 3 rings (SSSR count). The lowest BCUT2D eigenvalue weighted by atomic mass is 9.85. The van der Waals surface area contributed by atoms with Crippen molar-refractivity contribution in [3.05, 3.63) is 29.8 Å². The molecule has 0 saturated heterocycles. The van der Waals surface area contributed by atoms with Crippen molar-refractivity contribution < 1.29 is 4.79 Å². The number of aliphatic imine (C=N–C) groups is 1. The lowest BCUT2D eigenvalue weighted by Crippen LogP contribution is -2.38. The van der Waals surface area contributed by atoms with E-state index >= 15 is 0 Å². The molecule has 1 amide bonds. The Hall–Kier alpha value is -2.04. The molecule has 0 atom stereocenters. The van der Waals surface area contributed by atoms with Crippen molar-refractivity contribution in [1.29, 1.82) is 0 Å². The highest BCUT2D eigenvalue weighted by Crippen LogP contribution is 2.28. The van der Waals surface area contributed by atoms with Gasteiger partial charge in [0.2, 0.25) is 5.91 Å². The van der Waals surface area contributed by atoms with E-state index in [1.54, 1.807) is 0 Å². The minimum Gasteiger partial charge on any atom is -0.357 e. The first-order chi connectivity index (χ1) is 11.7. The molecule has 24 heavy (non-hydrogen) atoms. The summed E-state index contributed by atoms with van der Waals surface area (Å²) in [6.07, 6.45) is 5.88. The molecular formula is C19H28N4O. The van der Waals surface area contributed by atoms with E-state index < -0.39 is 0 Å². The Morgan fingerprint density at radius 1 is 1.21 bits per heavy atom. The Morgan fingerprint density at radius 3 is 2.71 bits per heavy atom. The van der Waals surface area contributed by atoms with Crippen LogP contribution < -0.4 is 16.0 Å². The molecule has 0 radical (unpaired) electrons. The van der Waals surface area contributed by atoms with Gasteiger partial charge in [0.25, 0.3) is 0 Å². The molecule has 2 aliphatic carbocycles. The van der Waals surface area contributed by atoms with Crippen LogP contribution in [0.25, 0.3) is 0 Å². The first-order valence-corrected chi connectivity index (χ1v) is 9.16. The summed E-state index contributed by atoms with van der Waals surface area (Å²) < 4.78 is 0. The van der Waals surface area contributed by atoms with Crippen LogP contribution in [-0.2, 0) is 11.3 Å². The predicted octanol–water partition coefficient (Wildman–Crippen LogP) is 2.89. The minimum absolute atomic E-state index is 0.154. The van der Waals surface area contributed by atoms with Crippen LogP contribution in [0.15, 0.2) is 29.3 Å². The summed E-state index contributed by atoms with van der Waals surface area (Å²) in [5.41, 5.74) is 1.97. The van der Waals surface area contributed by atoms with E-state index in [0.29, 0.717) is 6.54 Å². The molecule has 0 aliphatic heterocycles. The molecule has 1 aromatic carbocycles. The molecule has 2 aliphatic rings. The third kappa shape index (κ3) is 4.98. The van der Waals surface area contributed by atoms with E-state index in [1.165, 1.54) is 19.3 Å². The van der Waals surface area contributed by atoms with Gasteiger partial charge in [0.05, 0.1) is 6.54 Å². The Kier molecular flexibility index (Phi) is 5.72. The van der Waals surface area contributed by atoms with Crippen molar-refractivity contribution in [1.82, 2.24) is 10.6 Å². The number of hydrogen-bond acceptors (Lipinski definition) is 2. The van der Waals surface area contributed by atoms with Crippen LogP contribution in [0.4, 0.5) is 5.69 Å². The maximum absolute atomic E-state index is 12.1. The summed E-state index contributed by atoms with van der Waals surface area (Å²) in [4.78, 5) is 16.7. The minimum atomic E-state index is 0.154. The Bertz CT molecular complexity index is 591. The van der Waals surface area contributed by atoms with Gasteiger partial charge in [-0.3, -0.25) is 4.79 Å². The van der Waals surface area contributed by atoms with Gasteiger partial charge in [-0.15, -0.1) is 0 Å². The van der Waals surface area contributed by atoms with Crippen molar-refractivity contribution in [3.63, 3.8) is 0 Å². The van der Waals surface area contributed by atoms with Crippen molar-refractivity contribution in [2.24, 2.45) is 16.8 Å². The first-order valence-electron chi connectivity index (χ1n) is 9.16. The smallest absolute Gasteiger partial charge is 0.227 e. The molecular weight excluding hydrogens is 300 g/mol. The Labute approximate surface area is 144 Å². The third-order valence-corrected chi connectivity index (χ3v) is 4.69. The maximum Gasteiger partial charge on any atom is 0.227 e. The van der Waals surface area contributed by atoms with Gasteiger partial charge >= 0.3 is 0 Å². The van der Waals surface area contributed by atoms with Crippen LogP contribution in [0.5, 0.6) is 0 Å². The van der Waals surface area contributed by atoms with Crippen molar-refractivity contribution in [3.8, 4) is 0 Å². The molecule has 1 aromatic rings. The number of amides is 1. The van der Waals surface area contributed by atoms with Crippen LogP contribution in [0.3, 0.4) is 0 Å². The maximum atomic E-state index is 12.1. The lowest BCUT2D eigenvalue weighted by Gasteiger charge is -2.24. The summed E-state index contributed by atoms with van der Waals surface area (Å²) in [5.74, 6) is 2.05. The molecule has 5 heteroatoms. The number of hydrogen-bond donors (Lipinski definition) is 3. The fraction of sp³-hybridized carbons (Fsp3) is 0.579. The van der Waals surface area contributed by atoms with E-state index in [1.807, 2.05) is 24.3 Å². The summed E-state index contributed by atoms with van der Waals surface area (Å²) in [6.45, 7) is 4.54. The standard InChI is InChI=1S/C19H28N4O/c1-2-20-19(21-12-14-9-10-14)22-13-15-5-3-8-17(11-15)23-18(24)16-6-4-7-16/h3,5,8,11,14,16H,2,4,6-7,9-10,12-13H2,1H3,(H,23,24)(H2,20,21,22). The summed E-state index contributed by atoms with van der Waals surface area (Å²) >= 11 is 0. The van der Waals surface area contributed by atoms with Crippen LogP contribution >= 0.6 is 0 Å². The number of carbonyl (C=O) groups excluding carboxylic acids is 1. The zero-order chi connectivity index (χ0) is 16.8. The zero-order valence-electron chi connectivity index (χ0n) is 14.5. The molecule has 3 N–H and O–H groups in total. The molecule has 0 spiro atoms. The van der Waals surface area contributed by atoms with Gasteiger partial charge < -0.3 is 16.0 Å². The average molecular weight is 328 g/mol. The van der Waals surface area contributed by atoms with E-state index in [4.69, 9.17) is 0 Å². The number of rotatable bonds is 7. The quantitative estimate of drug-likeness (QED) is 0.533. The van der Waals surface area contributed by atoms with Crippen LogP contribution in [-0.4, -0.2) is 25.0 Å². The molecule has 0 bridgehead atoms. The summed E-state index contributed by atoms with van der Waals surface area (Å²) in [5, 5.41) is 9.71. The highest BCUT2D eigenvalue weighted by Gasteiger charge is 2.25. The topological polar surface area (TPSA) is 65.5 Å². The van der Waals surface area contributed by atoms with Crippen LogP contribution in [0.1, 0.15) is 44.6 Å². The zero-order valence-corrected chi connectivity index (χ0v) is 14.5. The van der Waals surface area contributed by atoms with E-state index in [2.05, 4.69) is 27.9 Å². The van der Waals surface area contributed by atoms with Gasteiger partial charge in [0.1, 0.15) is 0 Å². The number of benzene rings is 1. The summed E-state index contributed by atoms with van der Waals surface area (Å²) in [6, 6.07) is 7.99. The normalized spacial score (nSPS) is 18.0. The molecule has 5 nitrogen and oxygen atoms in total. The van der Waals surface area contributed by atoms with Gasteiger partial charge in [-0.05, 0) is 56.2 Å². The molecule has 2 saturated carbocycles. The number of carbonyl (C=O) groups is 1. The van der Waals surface area contributed by atoms with Gasteiger partial charge in [0.15, 0.2) is 5.96 Å². The molecule has 2 fully saturated rings. The van der Waals surface area contributed by atoms with Crippen molar-refractivity contribution in [2.75, 3.05) is 18.4 Å². The first kappa shape index (κ1) is 16.8. The van der Waals surface area contributed by atoms with E-state index in [-0.39, 0.29) is 11.8 Å². The lowest BCUT2D eigenvalue weighted by molar-refractivity contribution is -0.122. The van der Waals surface area contributed by atoms with Gasteiger partial charge in [-0.25, -0.2) is 4.99 Å². The van der Waals surface area contributed by atoms with Gasteiger partial charge in [-0.2, -0.15) is 0 Å². The predicted molar refractivity (Wildman–Crippen MR) is 98.0 cm³/mol. The molecule has 0 unspecified atom stereocenters. The fourth-order valence-corrected chi connectivity index (χ4v) is 2.74. The summed E-state index contributed by atoms with van der Waals surface area (Å²) in [7, 11) is 0. The highest BCUT2D eigenvalue weighted by atomic mass is 16.1. The van der Waals surface area contributed by atoms with E-state index in [0.717, 1.165) is 49.1 Å². The second kappa shape index (κ2) is 8.18. The average Bonchev–Trinajstić information content (AvgIpc) is 3.33. The van der Waals surface area contributed by atoms with E-state index in [9.17, 15) is 4.79 Å². The van der Waals surface area contributed by atoms with Crippen LogP contribution in [0.2, 0.25) is 0 Å². The molecule has 0 heterocycles. The fourth-order valence-electron chi connectivity index (χ4n) is 2.74. The van der Waals surface area contributed by atoms with Gasteiger partial charge in [-0.1, -0.05) is 18.6 Å². The molecule has 0 aromatic heterocycles. The van der Waals surface area contributed by atoms with Gasteiger partial charge in [0, 0.05) is 24.7 Å². The largest absolute Gasteiger partial charge is 0.357 e. The Morgan fingerprint density at radius 2 is 2.04 bits per heavy atom. The number of guanidine groups is 1. The van der Waals surface area contributed by atoms with Crippen molar-refractivity contribution >= 4 is 17.6 Å². The van der Waals surface area contributed by atoms with Crippen LogP contribution in [0, 0.1) is 11.8 Å². The highest BCUT2D eigenvalue weighted by molar-refractivity contribution is 5.93. The monoisotopic (exact) mass is 328 g/mol. The number of nitrogens with zero attached hydrogens (tertiary/aromatic N) is 1. The SMILES string of the molecule is CCNC(=NCc1cccc(NC(=O)C2CCC2)c1)NCC1CC1. The Balaban J connectivity index is 1.55. The second-order valence-corrected chi connectivity index (χ2v) is 6.84. The molecule has 130 valence electrons. The second-order valence-electron chi connectivity index (χ2n) is 6.84. The number of nitrogens with one attached hydrogen (secondary N) is 3. The number of anilines is 1. The third-order valence-electron chi connectivity index (χ3n) is 4.69. The van der Waals surface area contributed by atoms with Crippen molar-refractivity contribution in [2.45, 2.75) is 45.6 Å².